The standard InChI is InChI=1S/C16H22FNO3/c1-16(7-9-20-10-8-16)12-18(2)15(19)11-21-14-5-3-13(17)4-6-14/h3-6H,7-12H2,1-2H3. The summed E-state index contributed by atoms with van der Waals surface area (Å²) in [6.07, 6.45) is 1.92. The number of halogens is 1. The summed E-state index contributed by atoms with van der Waals surface area (Å²) < 4.78 is 23.5. The van der Waals surface area contributed by atoms with Crippen LogP contribution in [0.3, 0.4) is 0 Å². The van der Waals surface area contributed by atoms with Crippen LogP contribution in [-0.2, 0) is 9.53 Å². The second-order valence-corrected chi connectivity index (χ2v) is 5.92. The van der Waals surface area contributed by atoms with Crippen LogP contribution in [0.5, 0.6) is 5.75 Å². The van der Waals surface area contributed by atoms with Crippen molar-refractivity contribution in [1.29, 1.82) is 0 Å². The van der Waals surface area contributed by atoms with Gasteiger partial charge in [0.25, 0.3) is 5.91 Å². The SMILES string of the molecule is CN(CC1(C)CCOCC1)C(=O)COc1ccc(F)cc1. The molecular weight excluding hydrogens is 273 g/mol. The lowest BCUT2D eigenvalue weighted by molar-refractivity contribution is -0.134. The van der Waals surface area contributed by atoms with E-state index in [0.29, 0.717) is 12.3 Å². The predicted octanol–water partition coefficient (Wildman–Crippen LogP) is 2.48. The van der Waals surface area contributed by atoms with Gasteiger partial charge in [-0.2, -0.15) is 0 Å². The van der Waals surface area contributed by atoms with Crippen LogP contribution >= 0.6 is 0 Å². The van der Waals surface area contributed by atoms with E-state index >= 15 is 0 Å². The maximum atomic E-state index is 12.8. The molecular formula is C16H22FNO3. The molecule has 0 aliphatic carbocycles. The molecule has 0 N–H and O–H groups in total. The molecule has 2 rings (SSSR count). The maximum Gasteiger partial charge on any atom is 0.260 e. The molecule has 0 bridgehead atoms. The van der Waals surface area contributed by atoms with Gasteiger partial charge in [0.05, 0.1) is 0 Å². The zero-order chi connectivity index (χ0) is 15.3. The lowest BCUT2D eigenvalue weighted by Gasteiger charge is -2.36. The first-order chi connectivity index (χ1) is 9.98. The Balaban J connectivity index is 1.80. The van der Waals surface area contributed by atoms with E-state index in [1.54, 1.807) is 11.9 Å². The number of carbonyl (C=O) groups excluding carboxylic acids is 1. The van der Waals surface area contributed by atoms with Gasteiger partial charge >= 0.3 is 0 Å². The molecule has 1 saturated heterocycles. The Morgan fingerprint density at radius 2 is 1.95 bits per heavy atom. The number of nitrogens with zero attached hydrogens (tertiary/aromatic N) is 1. The minimum atomic E-state index is -0.321. The van der Waals surface area contributed by atoms with Gasteiger partial charge in [-0.15, -0.1) is 0 Å². The highest BCUT2D eigenvalue weighted by Gasteiger charge is 2.30. The summed E-state index contributed by atoms with van der Waals surface area (Å²) >= 11 is 0. The van der Waals surface area contributed by atoms with Gasteiger partial charge in [0.2, 0.25) is 0 Å². The van der Waals surface area contributed by atoms with Crippen LogP contribution in [-0.4, -0.2) is 44.2 Å². The molecule has 0 radical (unpaired) electrons. The molecule has 0 atom stereocenters. The summed E-state index contributed by atoms with van der Waals surface area (Å²) in [6, 6.07) is 5.66. The Morgan fingerprint density at radius 3 is 2.57 bits per heavy atom. The number of ether oxygens (including phenoxy) is 2. The first-order valence-electron chi connectivity index (χ1n) is 7.19. The normalized spacial score (nSPS) is 17.3. The Kier molecular flexibility index (Phi) is 5.17. The third-order valence-corrected chi connectivity index (χ3v) is 3.92. The summed E-state index contributed by atoms with van der Waals surface area (Å²) in [5, 5.41) is 0. The average molecular weight is 295 g/mol. The van der Waals surface area contributed by atoms with Gasteiger partial charge in [-0.3, -0.25) is 4.79 Å². The second kappa shape index (κ2) is 6.89. The van der Waals surface area contributed by atoms with Crippen LogP contribution in [0.25, 0.3) is 0 Å². The minimum Gasteiger partial charge on any atom is -0.484 e. The van der Waals surface area contributed by atoms with Crippen molar-refractivity contribution in [1.82, 2.24) is 4.90 Å². The third-order valence-electron chi connectivity index (χ3n) is 3.92. The number of hydrogen-bond acceptors (Lipinski definition) is 3. The summed E-state index contributed by atoms with van der Waals surface area (Å²) in [5.74, 6) is 0.0979. The molecule has 0 unspecified atom stereocenters. The van der Waals surface area contributed by atoms with Gasteiger partial charge in [0, 0.05) is 26.8 Å². The van der Waals surface area contributed by atoms with Crippen LogP contribution in [0.4, 0.5) is 4.39 Å². The highest BCUT2D eigenvalue weighted by Crippen LogP contribution is 2.30. The average Bonchev–Trinajstić information content (AvgIpc) is 2.46. The Hall–Kier alpha value is -1.62. The van der Waals surface area contributed by atoms with E-state index in [2.05, 4.69) is 6.92 Å². The predicted molar refractivity (Wildman–Crippen MR) is 77.7 cm³/mol. The molecule has 1 aromatic carbocycles. The summed E-state index contributed by atoms with van der Waals surface area (Å²) in [6.45, 7) is 4.35. The van der Waals surface area contributed by atoms with Crippen LogP contribution in [0.2, 0.25) is 0 Å². The zero-order valence-corrected chi connectivity index (χ0v) is 12.6. The van der Waals surface area contributed by atoms with Crippen molar-refractivity contribution >= 4 is 5.91 Å². The van der Waals surface area contributed by atoms with Gasteiger partial charge in [0.1, 0.15) is 11.6 Å². The largest absolute Gasteiger partial charge is 0.484 e. The van der Waals surface area contributed by atoms with Crippen molar-refractivity contribution in [3.8, 4) is 5.75 Å². The monoisotopic (exact) mass is 295 g/mol. The van der Waals surface area contributed by atoms with Gasteiger partial charge in [-0.05, 0) is 42.5 Å². The first-order valence-corrected chi connectivity index (χ1v) is 7.19. The highest BCUT2D eigenvalue weighted by atomic mass is 19.1. The quantitative estimate of drug-likeness (QED) is 0.837. The van der Waals surface area contributed by atoms with E-state index in [-0.39, 0.29) is 23.7 Å². The molecule has 116 valence electrons. The fourth-order valence-corrected chi connectivity index (χ4v) is 2.47. The molecule has 1 amide bonds. The molecule has 0 saturated carbocycles. The number of likely N-dealkylation sites (N-methyl/N-ethyl adjacent to an activating group) is 1. The van der Waals surface area contributed by atoms with E-state index < -0.39 is 0 Å². The fraction of sp³-hybridized carbons (Fsp3) is 0.562. The highest BCUT2D eigenvalue weighted by molar-refractivity contribution is 5.77. The minimum absolute atomic E-state index is 0.0330. The topological polar surface area (TPSA) is 38.8 Å². The van der Waals surface area contributed by atoms with E-state index in [1.807, 2.05) is 0 Å². The lowest BCUT2D eigenvalue weighted by Crippen LogP contribution is -2.42. The Bertz CT molecular complexity index is 469. The first kappa shape index (κ1) is 15.8. The van der Waals surface area contributed by atoms with Crippen molar-refractivity contribution in [2.24, 2.45) is 5.41 Å². The molecule has 0 aromatic heterocycles. The van der Waals surface area contributed by atoms with E-state index in [0.717, 1.165) is 26.1 Å². The van der Waals surface area contributed by atoms with Crippen LogP contribution < -0.4 is 4.74 Å². The smallest absolute Gasteiger partial charge is 0.260 e. The summed E-state index contributed by atoms with van der Waals surface area (Å²) in [7, 11) is 1.79. The van der Waals surface area contributed by atoms with Gasteiger partial charge in [0.15, 0.2) is 6.61 Å². The molecule has 1 fully saturated rings. The lowest BCUT2D eigenvalue weighted by atomic mass is 9.82. The van der Waals surface area contributed by atoms with Crippen LogP contribution in [0.1, 0.15) is 19.8 Å². The zero-order valence-electron chi connectivity index (χ0n) is 12.6. The number of carbonyl (C=O) groups is 1. The number of hydrogen-bond donors (Lipinski definition) is 0. The molecule has 5 heteroatoms. The van der Waals surface area contributed by atoms with Gasteiger partial charge in [-0.1, -0.05) is 6.92 Å². The van der Waals surface area contributed by atoms with Crippen molar-refractivity contribution in [2.45, 2.75) is 19.8 Å². The molecule has 4 nitrogen and oxygen atoms in total. The Labute approximate surface area is 124 Å². The van der Waals surface area contributed by atoms with Gasteiger partial charge in [-0.25, -0.2) is 4.39 Å². The maximum absolute atomic E-state index is 12.8. The summed E-state index contributed by atoms with van der Waals surface area (Å²) in [5.41, 5.74) is 0.110. The van der Waals surface area contributed by atoms with Crippen molar-refractivity contribution in [2.75, 3.05) is 33.4 Å². The molecule has 0 spiro atoms. The third kappa shape index (κ3) is 4.70. The van der Waals surface area contributed by atoms with Crippen LogP contribution in [0.15, 0.2) is 24.3 Å². The molecule has 1 heterocycles. The van der Waals surface area contributed by atoms with Crippen LogP contribution in [0, 0.1) is 11.2 Å². The molecule has 1 aliphatic heterocycles. The molecule has 1 aromatic rings. The number of benzene rings is 1. The number of amides is 1. The van der Waals surface area contributed by atoms with Crippen molar-refractivity contribution in [3.63, 3.8) is 0 Å². The van der Waals surface area contributed by atoms with E-state index in [9.17, 15) is 9.18 Å². The van der Waals surface area contributed by atoms with E-state index in [4.69, 9.17) is 9.47 Å². The fourth-order valence-electron chi connectivity index (χ4n) is 2.47. The summed E-state index contributed by atoms with van der Waals surface area (Å²) in [4.78, 5) is 13.8. The molecule has 21 heavy (non-hydrogen) atoms. The second-order valence-electron chi connectivity index (χ2n) is 5.92. The van der Waals surface area contributed by atoms with Gasteiger partial charge < -0.3 is 14.4 Å². The van der Waals surface area contributed by atoms with E-state index in [1.165, 1.54) is 24.3 Å². The number of rotatable bonds is 5. The Morgan fingerprint density at radius 1 is 1.33 bits per heavy atom. The molecule has 1 aliphatic rings. The van der Waals surface area contributed by atoms with Crippen molar-refractivity contribution < 1.29 is 18.7 Å². The van der Waals surface area contributed by atoms with Crippen molar-refractivity contribution in [3.05, 3.63) is 30.1 Å².